The maximum absolute atomic E-state index is 12.2. The van der Waals surface area contributed by atoms with Gasteiger partial charge >= 0.3 is 18.1 Å². The standard InChI is InChI=1S/C10H9F3N2O3/c11-10(12,13)9(18)15-2-1-6-5(4-15)3-7(14-6)8(16)17/h3,14H,1-2,4H2,(H,16,17). The summed E-state index contributed by atoms with van der Waals surface area (Å²) in [4.78, 5) is 25.0. The normalized spacial score (nSPS) is 15.4. The fourth-order valence-corrected chi connectivity index (χ4v) is 1.90. The second-order valence-corrected chi connectivity index (χ2v) is 3.97. The Labute approximate surface area is 99.2 Å². The van der Waals surface area contributed by atoms with E-state index in [2.05, 4.69) is 4.98 Å². The monoisotopic (exact) mass is 262 g/mol. The van der Waals surface area contributed by atoms with Crippen LogP contribution >= 0.6 is 0 Å². The van der Waals surface area contributed by atoms with Gasteiger partial charge in [0, 0.05) is 25.2 Å². The summed E-state index contributed by atoms with van der Waals surface area (Å²) in [7, 11) is 0. The fourth-order valence-electron chi connectivity index (χ4n) is 1.90. The van der Waals surface area contributed by atoms with Crippen LogP contribution in [0.2, 0.25) is 0 Å². The Bertz CT molecular complexity index is 507. The van der Waals surface area contributed by atoms with Crippen LogP contribution in [0, 0.1) is 0 Å². The van der Waals surface area contributed by atoms with Gasteiger partial charge in [0.25, 0.3) is 0 Å². The number of aromatic amines is 1. The maximum Gasteiger partial charge on any atom is 0.471 e. The van der Waals surface area contributed by atoms with Gasteiger partial charge < -0.3 is 15.0 Å². The van der Waals surface area contributed by atoms with Gasteiger partial charge in [0.1, 0.15) is 5.69 Å². The molecule has 1 aliphatic heterocycles. The molecular formula is C10H9F3N2O3. The molecule has 0 unspecified atom stereocenters. The summed E-state index contributed by atoms with van der Waals surface area (Å²) in [6.07, 6.45) is -4.71. The second-order valence-electron chi connectivity index (χ2n) is 3.97. The van der Waals surface area contributed by atoms with Crippen molar-refractivity contribution in [3.05, 3.63) is 23.0 Å². The number of alkyl halides is 3. The number of carbonyl (C=O) groups is 2. The van der Waals surface area contributed by atoms with Crippen molar-refractivity contribution in [3.63, 3.8) is 0 Å². The Morgan fingerprint density at radius 3 is 2.61 bits per heavy atom. The number of fused-ring (bicyclic) bond motifs is 1. The van der Waals surface area contributed by atoms with Crippen LogP contribution in [0.5, 0.6) is 0 Å². The summed E-state index contributed by atoms with van der Waals surface area (Å²) < 4.78 is 36.7. The molecular weight excluding hydrogens is 253 g/mol. The molecule has 98 valence electrons. The summed E-state index contributed by atoms with van der Waals surface area (Å²) in [6.45, 7) is -0.303. The highest BCUT2D eigenvalue weighted by Crippen LogP contribution is 2.25. The van der Waals surface area contributed by atoms with Gasteiger partial charge in [0.2, 0.25) is 0 Å². The van der Waals surface area contributed by atoms with E-state index in [0.29, 0.717) is 16.2 Å². The van der Waals surface area contributed by atoms with E-state index in [4.69, 9.17) is 5.11 Å². The fraction of sp³-hybridized carbons (Fsp3) is 0.400. The minimum absolute atomic E-state index is 0.0785. The molecule has 0 spiro atoms. The summed E-state index contributed by atoms with van der Waals surface area (Å²) in [5, 5.41) is 8.75. The van der Waals surface area contributed by atoms with Gasteiger partial charge in [-0.2, -0.15) is 13.2 Å². The molecule has 5 nitrogen and oxygen atoms in total. The third-order valence-electron chi connectivity index (χ3n) is 2.74. The first-order chi connectivity index (χ1) is 8.29. The van der Waals surface area contributed by atoms with Crippen molar-refractivity contribution >= 4 is 11.9 Å². The number of nitrogens with zero attached hydrogens (tertiary/aromatic N) is 1. The van der Waals surface area contributed by atoms with Crippen molar-refractivity contribution < 1.29 is 27.9 Å². The first-order valence-electron chi connectivity index (χ1n) is 5.09. The SMILES string of the molecule is O=C(O)c1cc2c([nH]1)CCN(C(=O)C(F)(F)F)C2. The van der Waals surface area contributed by atoms with Crippen LogP contribution < -0.4 is 0 Å². The Morgan fingerprint density at radius 1 is 1.39 bits per heavy atom. The zero-order chi connectivity index (χ0) is 13.5. The highest BCUT2D eigenvalue weighted by molar-refractivity contribution is 5.86. The summed E-state index contributed by atoms with van der Waals surface area (Å²) in [5.41, 5.74) is 0.899. The third-order valence-corrected chi connectivity index (χ3v) is 2.74. The van der Waals surface area contributed by atoms with Gasteiger partial charge in [-0.3, -0.25) is 4.79 Å². The highest BCUT2D eigenvalue weighted by atomic mass is 19.4. The van der Waals surface area contributed by atoms with Gasteiger partial charge in [-0.15, -0.1) is 0 Å². The molecule has 1 amide bonds. The molecule has 0 fully saturated rings. The summed E-state index contributed by atoms with van der Waals surface area (Å²) in [5.74, 6) is -3.08. The topological polar surface area (TPSA) is 73.4 Å². The molecule has 0 radical (unpaired) electrons. The summed E-state index contributed by atoms with van der Waals surface area (Å²) >= 11 is 0. The number of H-pyrrole nitrogens is 1. The zero-order valence-electron chi connectivity index (χ0n) is 9.04. The van der Waals surface area contributed by atoms with Crippen molar-refractivity contribution in [3.8, 4) is 0 Å². The Hall–Kier alpha value is -1.99. The van der Waals surface area contributed by atoms with Crippen LogP contribution in [0.4, 0.5) is 13.2 Å². The number of aromatic nitrogens is 1. The van der Waals surface area contributed by atoms with E-state index in [-0.39, 0.29) is 25.2 Å². The van der Waals surface area contributed by atoms with Crippen LogP contribution in [0.25, 0.3) is 0 Å². The number of hydrogen-bond acceptors (Lipinski definition) is 2. The highest BCUT2D eigenvalue weighted by Gasteiger charge is 2.43. The number of hydrogen-bond donors (Lipinski definition) is 2. The Balaban J connectivity index is 2.20. The lowest BCUT2D eigenvalue weighted by atomic mass is 10.1. The number of carbonyl (C=O) groups excluding carboxylic acids is 1. The number of aromatic carboxylic acids is 1. The van der Waals surface area contributed by atoms with Gasteiger partial charge in [-0.1, -0.05) is 0 Å². The van der Waals surface area contributed by atoms with Gasteiger partial charge in [-0.05, 0) is 11.6 Å². The molecule has 1 aromatic heterocycles. The van der Waals surface area contributed by atoms with Crippen molar-refractivity contribution in [2.24, 2.45) is 0 Å². The number of carboxylic acid groups (broad SMARTS) is 1. The molecule has 0 atom stereocenters. The molecule has 2 rings (SSSR count). The molecule has 0 saturated carbocycles. The van der Waals surface area contributed by atoms with Crippen molar-refractivity contribution in [1.29, 1.82) is 0 Å². The van der Waals surface area contributed by atoms with E-state index in [1.54, 1.807) is 0 Å². The van der Waals surface area contributed by atoms with E-state index in [1.807, 2.05) is 0 Å². The first kappa shape index (κ1) is 12.5. The van der Waals surface area contributed by atoms with E-state index < -0.39 is 18.1 Å². The minimum Gasteiger partial charge on any atom is -0.477 e. The molecule has 0 aliphatic carbocycles. The van der Waals surface area contributed by atoms with E-state index in [9.17, 15) is 22.8 Å². The lowest BCUT2D eigenvalue weighted by molar-refractivity contribution is -0.186. The van der Waals surface area contributed by atoms with Crippen LogP contribution in [0.1, 0.15) is 21.7 Å². The molecule has 2 N–H and O–H groups in total. The smallest absolute Gasteiger partial charge is 0.471 e. The quantitative estimate of drug-likeness (QED) is 0.797. The van der Waals surface area contributed by atoms with Gasteiger partial charge in [0.05, 0.1) is 0 Å². The van der Waals surface area contributed by atoms with Crippen LogP contribution in [-0.4, -0.2) is 39.6 Å². The van der Waals surface area contributed by atoms with Crippen molar-refractivity contribution in [2.75, 3.05) is 6.54 Å². The number of halogens is 3. The van der Waals surface area contributed by atoms with E-state index in [1.165, 1.54) is 6.07 Å². The zero-order valence-corrected chi connectivity index (χ0v) is 9.04. The molecule has 1 aliphatic rings. The molecule has 18 heavy (non-hydrogen) atoms. The number of amides is 1. The molecule has 2 heterocycles. The average Bonchev–Trinajstić information content (AvgIpc) is 2.69. The predicted molar refractivity (Wildman–Crippen MR) is 52.9 cm³/mol. The maximum atomic E-state index is 12.2. The van der Waals surface area contributed by atoms with E-state index >= 15 is 0 Å². The predicted octanol–water partition coefficient (Wildman–Crippen LogP) is 1.16. The van der Waals surface area contributed by atoms with Gasteiger partial charge in [-0.25, -0.2) is 4.79 Å². The van der Waals surface area contributed by atoms with Crippen LogP contribution in [-0.2, 0) is 17.8 Å². The average molecular weight is 262 g/mol. The molecule has 0 saturated heterocycles. The molecule has 1 aromatic rings. The number of nitrogens with one attached hydrogen (secondary N) is 1. The lowest BCUT2D eigenvalue weighted by Gasteiger charge is -2.27. The Morgan fingerprint density at radius 2 is 2.06 bits per heavy atom. The third kappa shape index (κ3) is 2.18. The van der Waals surface area contributed by atoms with Crippen LogP contribution in [0.3, 0.4) is 0 Å². The Kier molecular flexibility index (Phi) is 2.80. The van der Waals surface area contributed by atoms with Crippen molar-refractivity contribution in [2.45, 2.75) is 19.1 Å². The van der Waals surface area contributed by atoms with Crippen molar-refractivity contribution in [1.82, 2.24) is 9.88 Å². The van der Waals surface area contributed by atoms with E-state index in [0.717, 1.165) is 0 Å². The lowest BCUT2D eigenvalue weighted by Crippen LogP contribution is -2.43. The summed E-state index contributed by atoms with van der Waals surface area (Å²) in [6, 6.07) is 1.26. The molecule has 8 heteroatoms. The van der Waals surface area contributed by atoms with Crippen LogP contribution in [0.15, 0.2) is 6.07 Å². The number of carboxylic acids is 1. The molecule has 0 bridgehead atoms. The molecule has 0 aromatic carbocycles. The van der Waals surface area contributed by atoms with Gasteiger partial charge in [0.15, 0.2) is 0 Å². The number of rotatable bonds is 1. The largest absolute Gasteiger partial charge is 0.477 e. The second kappa shape index (κ2) is 4.04. The minimum atomic E-state index is -4.90. The first-order valence-corrected chi connectivity index (χ1v) is 5.09.